The Bertz CT molecular complexity index is 967. The molecule has 11 nitrogen and oxygen atoms in total. The number of benzene rings is 1. The molecule has 0 saturated heterocycles. The molecule has 0 aromatic heterocycles. The highest BCUT2D eigenvalue weighted by atomic mass is 16.6. The topological polar surface area (TPSA) is 159 Å². The molecule has 2 aliphatic rings. The minimum absolute atomic E-state index is 0.00489. The fourth-order valence-corrected chi connectivity index (χ4v) is 4.26. The molecule has 1 aliphatic carbocycles. The molecule has 11 heteroatoms. The monoisotopic (exact) mass is 458 g/mol. The molecule has 0 bridgehead atoms. The summed E-state index contributed by atoms with van der Waals surface area (Å²) in [4.78, 5) is 61.3. The van der Waals surface area contributed by atoms with Gasteiger partial charge in [-0.15, -0.1) is 0 Å². The molecule has 0 spiro atoms. The molecule has 1 atom stereocenters. The van der Waals surface area contributed by atoms with Gasteiger partial charge in [0.15, 0.2) is 0 Å². The molecule has 4 amide bonds. The Labute approximate surface area is 190 Å². The van der Waals surface area contributed by atoms with E-state index in [4.69, 9.17) is 0 Å². The van der Waals surface area contributed by atoms with Crippen molar-refractivity contribution in [1.82, 2.24) is 15.5 Å². The fraction of sp³-hybridized carbons (Fsp3) is 0.455. The van der Waals surface area contributed by atoms with Gasteiger partial charge in [0, 0.05) is 31.3 Å². The molecule has 1 aromatic carbocycles. The smallest absolute Gasteiger partial charge is 0.282 e. The Balaban J connectivity index is 1.61. The van der Waals surface area contributed by atoms with E-state index in [0.717, 1.165) is 55.2 Å². The van der Waals surface area contributed by atoms with E-state index >= 15 is 0 Å². The van der Waals surface area contributed by atoms with Crippen LogP contribution in [0.15, 0.2) is 30.4 Å². The molecule has 0 radical (unpaired) electrons. The maximum atomic E-state index is 12.9. The molecule has 176 valence electrons. The second-order valence-electron chi connectivity index (χ2n) is 8.04. The lowest BCUT2D eigenvalue weighted by Gasteiger charge is -2.34. The Morgan fingerprint density at radius 3 is 2.33 bits per heavy atom. The lowest BCUT2D eigenvalue weighted by molar-refractivity contribution is -0.385. The Kier molecular flexibility index (Phi) is 7.88. The number of hydrogen-bond donors (Lipinski definition) is 3. The van der Waals surface area contributed by atoms with Crippen LogP contribution in [0.25, 0.3) is 0 Å². The number of carbonyl (C=O) groups is 4. The number of hydrogen-bond acceptors (Lipinski definition) is 7. The second-order valence-corrected chi connectivity index (χ2v) is 8.04. The van der Waals surface area contributed by atoms with Crippen LogP contribution >= 0.6 is 0 Å². The quantitative estimate of drug-likeness (QED) is 0.214. The van der Waals surface area contributed by atoms with Gasteiger partial charge in [0.1, 0.15) is 11.6 Å². The SMILES string of the molecule is O=C(NCCNC(=O)C(C1CCCCC1)N1C(=O)C=CC1=O)c1cc(CO)ccc1[N+](=O)[O-]. The molecule has 3 N–H and O–H groups in total. The first kappa shape index (κ1) is 24.1. The van der Waals surface area contributed by atoms with E-state index in [-0.39, 0.29) is 31.2 Å². The number of nitro benzene ring substituents is 1. The number of aliphatic hydroxyl groups is 1. The van der Waals surface area contributed by atoms with Crippen molar-refractivity contribution in [3.05, 3.63) is 51.6 Å². The predicted molar refractivity (Wildman–Crippen MR) is 116 cm³/mol. The highest BCUT2D eigenvalue weighted by Gasteiger charge is 2.41. The van der Waals surface area contributed by atoms with Gasteiger partial charge in [0.05, 0.1) is 11.5 Å². The molecule has 1 aliphatic heterocycles. The van der Waals surface area contributed by atoms with Crippen LogP contribution in [-0.4, -0.2) is 57.7 Å². The van der Waals surface area contributed by atoms with E-state index < -0.39 is 40.3 Å². The van der Waals surface area contributed by atoms with Gasteiger partial charge in [0.25, 0.3) is 23.4 Å². The van der Waals surface area contributed by atoms with Crippen molar-refractivity contribution in [3.8, 4) is 0 Å². The molecule has 33 heavy (non-hydrogen) atoms. The average Bonchev–Trinajstić information content (AvgIpc) is 3.15. The summed E-state index contributed by atoms with van der Waals surface area (Å²) in [7, 11) is 0. The molecule has 1 fully saturated rings. The van der Waals surface area contributed by atoms with Gasteiger partial charge in [-0.05, 0) is 36.5 Å². The Morgan fingerprint density at radius 2 is 1.73 bits per heavy atom. The first-order valence-corrected chi connectivity index (χ1v) is 10.8. The summed E-state index contributed by atoms with van der Waals surface area (Å²) in [5.74, 6) is -2.37. The standard InChI is InChI=1S/C22H26N4O7/c27-13-14-6-7-17(26(32)33)16(12-14)21(30)23-10-11-24-22(31)20(15-4-2-1-3-5-15)25-18(28)8-9-19(25)29/h6-9,12,15,20,27H,1-5,10-11,13H2,(H,23,30)(H,24,31). The summed E-state index contributed by atoms with van der Waals surface area (Å²) < 4.78 is 0. The van der Waals surface area contributed by atoms with Gasteiger partial charge >= 0.3 is 0 Å². The highest BCUT2D eigenvalue weighted by Crippen LogP contribution is 2.30. The van der Waals surface area contributed by atoms with Gasteiger partial charge in [0.2, 0.25) is 5.91 Å². The average molecular weight is 458 g/mol. The van der Waals surface area contributed by atoms with E-state index in [2.05, 4.69) is 10.6 Å². The van der Waals surface area contributed by atoms with E-state index in [9.17, 15) is 34.4 Å². The zero-order valence-electron chi connectivity index (χ0n) is 18.0. The maximum Gasteiger partial charge on any atom is 0.282 e. The first-order valence-electron chi connectivity index (χ1n) is 10.8. The zero-order valence-corrected chi connectivity index (χ0v) is 18.0. The third-order valence-corrected chi connectivity index (χ3v) is 5.88. The number of imide groups is 1. The van der Waals surface area contributed by atoms with Crippen molar-refractivity contribution >= 4 is 29.3 Å². The summed E-state index contributed by atoms with van der Waals surface area (Å²) in [6.45, 7) is -0.396. The second kappa shape index (κ2) is 10.8. The lowest BCUT2D eigenvalue weighted by Crippen LogP contribution is -2.54. The summed E-state index contributed by atoms with van der Waals surface area (Å²) in [6.07, 6.45) is 6.64. The number of nitro groups is 1. The predicted octanol–water partition coefficient (Wildman–Crippen LogP) is 0.807. The van der Waals surface area contributed by atoms with Gasteiger partial charge in [-0.1, -0.05) is 19.3 Å². The van der Waals surface area contributed by atoms with E-state index in [1.165, 1.54) is 12.1 Å². The Morgan fingerprint density at radius 1 is 1.09 bits per heavy atom. The number of carbonyl (C=O) groups excluding carboxylic acids is 4. The van der Waals surface area contributed by atoms with Crippen molar-refractivity contribution in [2.24, 2.45) is 5.92 Å². The van der Waals surface area contributed by atoms with Crippen molar-refractivity contribution in [2.45, 2.75) is 44.8 Å². The van der Waals surface area contributed by atoms with Gasteiger partial charge in [-0.2, -0.15) is 0 Å². The number of nitrogens with zero attached hydrogens (tertiary/aromatic N) is 2. The normalized spacial score (nSPS) is 17.2. The molecule has 1 heterocycles. The molecule has 1 saturated carbocycles. The van der Waals surface area contributed by atoms with Crippen LogP contribution in [0.5, 0.6) is 0 Å². The summed E-state index contributed by atoms with van der Waals surface area (Å²) in [5, 5.41) is 25.6. The van der Waals surface area contributed by atoms with Crippen LogP contribution in [0, 0.1) is 16.0 Å². The van der Waals surface area contributed by atoms with Crippen LogP contribution in [0.1, 0.15) is 48.0 Å². The van der Waals surface area contributed by atoms with Crippen LogP contribution < -0.4 is 10.6 Å². The number of amides is 4. The van der Waals surface area contributed by atoms with Crippen LogP contribution in [0.2, 0.25) is 0 Å². The third-order valence-electron chi connectivity index (χ3n) is 5.88. The van der Waals surface area contributed by atoms with Gasteiger partial charge < -0.3 is 15.7 Å². The summed E-state index contributed by atoms with van der Waals surface area (Å²) in [6, 6.07) is 2.83. The molecular weight excluding hydrogens is 432 g/mol. The van der Waals surface area contributed by atoms with Crippen molar-refractivity contribution < 1.29 is 29.2 Å². The Hall–Kier alpha value is -3.60. The van der Waals surface area contributed by atoms with Crippen molar-refractivity contribution in [2.75, 3.05) is 13.1 Å². The van der Waals surface area contributed by atoms with Crippen LogP contribution in [0.3, 0.4) is 0 Å². The number of nitrogens with one attached hydrogen (secondary N) is 2. The number of rotatable bonds is 9. The first-order chi connectivity index (χ1) is 15.8. The van der Waals surface area contributed by atoms with Crippen LogP contribution in [-0.2, 0) is 21.0 Å². The van der Waals surface area contributed by atoms with E-state index in [1.807, 2.05) is 0 Å². The van der Waals surface area contributed by atoms with E-state index in [1.54, 1.807) is 0 Å². The zero-order chi connectivity index (χ0) is 24.0. The van der Waals surface area contributed by atoms with Gasteiger partial charge in [-0.25, -0.2) is 0 Å². The highest BCUT2D eigenvalue weighted by molar-refractivity contribution is 6.15. The lowest BCUT2D eigenvalue weighted by atomic mass is 9.82. The minimum atomic E-state index is -0.918. The minimum Gasteiger partial charge on any atom is -0.392 e. The molecule has 1 unspecified atom stereocenters. The molecule has 3 rings (SSSR count). The summed E-state index contributed by atoms with van der Waals surface area (Å²) in [5.41, 5.74) is -0.245. The van der Waals surface area contributed by atoms with Crippen molar-refractivity contribution in [1.29, 1.82) is 0 Å². The largest absolute Gasteiger partial charge is 0.392 e. The summed E-state index contributed by atoms with van der Waals surface area (Å²) >= 11 is 0. The fourth-order valence-electron chi connectivity index (χ4n) is 4.26. The molecular formula is C22H26N4O7. The van der Waals surface area contributed by atoms with Crippen LogP contribution in [0.4, 0.5) is 5.69 Å². The molecule has 1 aromatic rings. The van der Waals surface area contributed by atoms with Gasteiger partial charge in [-0.3, -0.25) is 34.2 Å². The van der Waals surface area contributed by atoms with Crippen molar-refractivity contribution in [3.63, 3.8) is 0 Å². The third kappa shape index (κ3) is 5.61. The van der Waals surface area contributed by atoms with E-state index in [0.29, 0.717) is 5.56 Å². The number of aliphatic hydroxyl groups excluding tert-OH is 1. The maximum absolute atomic E-state index is 12.9.